The van der Waals surface area contributed by atoms with Crippen molar-refractivity contribution < 1.29 is 9.53 Å². The van der Waals surface area contributed by atoms with E-state index >= 15 is 0 Å². The predicted octanol–water partition coefficient (Wildman–Crippen LogP) is 2.46. The van der Waals surface area contributed by atoms with Gasteiger partial charge in [0.25, 0.3) is 0 Å². The Balaban J connectivity index is 2.44. The van der Waals surface area contributed by atoms with E-state index in [0.717, 1.165) is 23.3 Å². The van der Waals surface area contributed by atoms with Crippen LogP contribution >= 0.6 is 0 Å². The molecule has 2 rings (SSSR count). The maximum Gasteiger partial charge on any atom is 0.163 e. The van der Waals surface area contributed by atoms with E-state index in [4.69, 9.17) is 4.74 Å². The van der Waals surface area contributed by atoms with Crippen molar-refractivity contribution in [1.29, 1.82) is 0 Å². The second-order valence-corrected chi connectivity index (χ2v) is 3.96. The number of Topliss-reactive ketones (excluding diaryl/α,β-unsaturated/α-hetero) is 1. The Hall–Kier alpha value is -1.31. The van der Waals surface area contributed by atoms with Crippen molar-refractivity contribution in [3.05, 3.63) is 29.3 Å². The summed E-state index contributed by atoms with van der Waals surface area (Å²) in [7, 11) is 1.62. The first-order valence-electron chi connectivity index (χ1n) is 4.91. The van der Waals surface area contributed by atoms with Gasteiger partial charge in [0.2, 0.25) is 0 Å². The Morgan fingerprint density at radius 2 is 2.14 bits per heavy atom. The van der Waals surface area contributed by atoms with E-state index in [2.05, 4.69) is 6.92 Å². The van der Waals surface area contributed by atoms with E-state index in [1.165, 1.54) is 0 Å². The van der Waals surface area contributed by atoms with Crippen LogP contribution in [0.1, 0.15) is 29.3 Å². The quantitative estimate of drug-likeness (QED) is 0.680. The first kappa shape index (κ1) is 9.25. The second-order valence-electron chi connectivity index (χ2n) is 3.96. The Bertz CT molecular complexity index is 369. The predicted molar refractivity (Wildman–Crippen MR) is 54.8 cm³/mol. The van der Waals surface area contributed by atoms with E-state index in [-0.39, 0.29) is 5.78 Å². The molecule has 2 nitrogen and oxygen atoms in total. The molecule has 0 amide bonds. The lowest BCUT2D eigenvalue weighted by Gasteiger charge is -2.20. The molecule has 0 saturated carbocycles. The lowest BCUT2D eigenvalue weighted by molar-refractivity contribution is 0.0953. The molecule has 0 bridgehead atoms. The number of carbonyl (C=O) groups is 1. The van der Waals surface area contributed by atoms with Crippen LogP contribution in [0.15, 0.2) is 18.2 Å². The van der Waals surface area contributed by atoms with Gasteiger partial charge < -0.3 is 4.74 Å². The summed E-state index contributed by atoms with van der Waals surface area (Å²) in [5, 5.41) is 0. The number of hydrogen-bond acceptors (Lipinski definition) is 2. The van der Waals surface area contributed by atoms with E-state index in [0.29, 0.717) is 12.3 Å². The third-order valence-electron chi connectivity index (χ3n) is 2.72. The van der Waals surface area contributed by atoms with Crippen LogP contribution in [0.2, 0.25) is 0 Å². The summed E-state index contributed by atoms with van der Waals surface area (Å²) in [5.41, 5.74) is 2.01. The lowest BCUT2D eigenvalue weighted by atomic mass is 9.84. The molecule has 0 radical (unpaired) electrons. The second kappa shape index (κ2) is 3.45. The van der Waals surface area contributed by atoms with Gasteiger partial charge in [0, 0.05) is 12.0 Å². The van der Waals surface area contributed by atoms with Crippen LogP contribution in [0.3, 0.4) is 0 Å². The monoisotopic (exact) mass is 190 g/mol. The van der Waals surface area contributed by atoms with Gasteiger partial charge in [0.05, 0.1) is 7.11 Å². The largest absolute Gasteiger partial charge is 0.497 e. The van der Waals surface area contributed by atoms with Gasteiger partial charge in [0.15, 0.2) is 5.78 Å². The zero-order valence-corrected chi connectivity index (χ0v) is 8.54. The molecule has 0 spiro atoms. The van der Waals surface area contributed by atoms with E-state index in [1.807, 2.05) is 18.2 Å². The highest BCUT2D eigenvalue weighted by Gasteiger charge is 2.22. The maximum atomic E-state index is 11.7. The molecule has 74 valence electrons. The van der Waals surface area contributed by atoms with Crippen molar-refractivity contribution in [2.75, 3.05) is 7.11 Å². The van der Waals surface area contributed by atoms with Gasteiger partial charge in [-0.2, -0.15) is 0 Å². The van der Waals surface area contributed by atoms with Crippen molar-refractivity contribution in [2.45, 2.75) is 19.8 Å². The van der Waals surface area contributed by atoms with Crippen LogP contribution < -0.4 is 4.74 Å². The zero-order chi connectivity index (χ0) is 10.1. The average molecular weight is 190 g/mol. The van der Waals surface area contributed by atoms with Crippen molar-refractivity contribution in [3.8, 4) is 5.75 Å². The molecule has 14 heavy (non-hydrogen) atoms. The van der Waals surface area contributed by atoms with Gasteiger partial charge in [-0.3, -0.25) is 4.79 Å². The molecular formula is C12H14O2. The molecule has 0 aromatic heterocycles. The summed E-state index contributed by atoms with van der Waals surface area (Å²) in [4.78, 5) is 11.7. The number of ether oxygens (including phenoxy) is 1. The molecule has 2 heteroatoms. The molecule has 1 aromatic carbocycles. The Morgan fingerprint density at radius 1 is 1.36 bits per heavy atom. The molecule has 1 aliphatic rings. The standard InChI is InChI=1S/C12H14O2/c1-8-5-9-3-4-10(14-2)7-11(9)12(13)6-8/h3-4,7-8H,5-6H2,1-2H3/t8-/m1/s1. The highest BCUT2D eigenvalue weighted by molar-refractivity contribution is 5.99. The SMILES string of the molecule is COc1ccc2c(c1)C(=O)C[C@H](C)C2. The minimum atomic E-state index is 0.248. The molecule has 0 heterocycles. The van der Waals surface area contributed by atoms with Crippen LogP contribution in [-0.2, 0) is 6.42 Å². The summed E-state index contributed by atoms with van der Waals surface area (Å²) in [6.07, 6.45) is 1.67. The number of carbonyl (C=O) groups excluding carboxylic acids is 1. The fraction of sp³-hybridized carbons (Fsp3) is 0.417. The highest BCUT2D eigenvalue weighted by atomic mass is 16.5. The zero-order valence-electron chi connectivity index (χ0n) is 8.54. The third kappa shape index (κ3) is 1.52. The normalized spacial score (nSPS) is 20.4. The number of ketones is 1. The van der Waals surface area contributed by atoms with Crippen molar-refractivity contribution in [1.82, 2.24) is 0 Å². The highest BCUT2D eigenvalue weighted by Crippen LogP contribution is 2.28. The number of methoxy groups -OCH3 is 1. The number of benzene rings is 1. The van der Waals surface area contributed by atoms with Gasteiger partial charge in [-0.1, -0.05) is 13.0 Å². The molecule has 0 aliphatic heterocycles. The fourth-order valence-electron chi connectivity index (χ4n) is 1.99. The van der Waals surface area contributed by atoms with Crippen LogP contribution in [0.25, 0.3) is 0 Å². The molecule has 0 saturated heterocycles. The van der Waals surface area contributed by atoms with Crippen LogP contribution in [0.4, 0.5) is 0 Å². The molecule has 1 aromatic rings. The molecule has 0 fully saturated rings. The van der Waals surface area contributed by atoms with E-state index in [1.54, 1.807) is 7.11 Å². The first-order chi connectivity index (χ1) is 6.70. The summed E-state index contributed by atoms with van der Waals surface area (Å²) >= 11 is 0. The van der Waals surface area contributed by atoms with E-state index < -0.39 is 0 Å². The van der Waals surface area contributed by atoms with Crippen molar-refractivity contribution >= 4 is 5.78 Å². The summed E-state index contributed by atoms with van der Waals surface area (Å²) in [5.74, 6) is 1.49. The third-order valence-corrected chi connectivity index (χ3v) is 2.72. The summed E-state index contributed by atoms with van der Waals surface area (Å²) in [6.45, 7) is 2.12. The Morgan fingerprint density at radius 3 is 2.86 bits per heavy atom. The minimum absolute atomic E-state index is 0.248. The van der Waals surface area contributed by atoms with Gasteiger partial charge in [-0.05, 0) is 30.0 Å². The molecular weight excluding hydrogens is 176 g/mol. The summed E-state index contributed by atoms with van der Waals surface area (Å²) < 4.78 is 5.10. The van der Waals surface area contributed by atoms with Crippen LogP contribution in [0.5, 0.6) is 5.75 Å². The van der Waals surface area contributed by atoms with E-state index in [9.17, 15) is 4.79 Å². The van der Waals surface area contributed by atoms with Crippen LogP contribution in [0, 0.1) is 5.92 Å². The van der Waals surface area contributed by atoms with Gasteiger partial charge >= 0.3 is 0 Å². The van der Waals surface area contributed by atoms with Gasteiger partial charge in [-0.25, -0.2) is 0 Å². The number of hydrogen-bond donors (Lipinski definition) is 0. The maximum absolute atomic E-state index is 11.7. The topological polar surface area (TPSA) is 26.3 Å². The smallest absolute Gasteiger partial charge is 0.163 e. The van der Waals surface area contributed by atoms with Crippen molar-refractivity contribution in [2.24, 2.45) is 5.92 Å². The number of fused-ring (bicyclic) bond motifs is 1. The lowest BCUT2D eigenvalue weighted by Crippen LogP contribution is -2.17. The van der Waals surface area contributed by atoms with Crippen molar-refractivity contribution in [3.63, 3.8) is 0 Å². The first-order valence-corrected chi connectivity index (χ1v) is 4.91. The average Bonchev–Trinajstić information content (AvgIpc) is 2.17. The van der Waals surface area contributed by atoms with Gasteiger partial charge in [-0.15, -0.1) is 0 Å². The molecule has 0 unspecified atom stereocenters. The minimum Gasteiger partial charge on any atom is -0.497 e. The van der Waals surface area contributed by atoms with Crippen LogP contribution in [-0.4, -0.2) is 12.9 Å². The summed E-state index contributed by atoms with van der Waals surface area (Å²) in [6, 6.07) is 5.77. The fourth-order valence-corrected chi connectivity index (χ4v) is 1.99. The Kier molecular flexibility index (Phi) is 2.28. The number of rotatable bonds is 1. The molecule has 1 aliphatic carbocycles. The Labute approximate surface area is 83.9 Å². The molecule has 0 N–H and O–H groups in total. The van der Waals surface area contributed by atoms with Gasteiger partial charge in [0.1, 0.15) is 5.75 Å². The molecule has 1 atom stereocenters.